The fourth-order valence-corrected chi connectivity index (χ4v) is 2.73. The minimum absolute atomic E-state index is 0.0541. The van der Waals surface area contributed by atoms with E-state index in [0.29, 0.717) is 19.1 Å². The Morgan fingerprint density at radius 2 is 2.06 bits per heavy atom. The molecule has 1 fully saturated rings. The van der Waals surface area contributed by atoms with Crippen LogP contribution in [0, 0.1) is 0 Å². The van der Waals surface area contributed by atoms with Gasteiger partial charge in [0.2, 0.25) is 5.91 Å². The monoisotopic (exact) mass is 241 g/mol. The predicted molar refractivity (Wildman–Crippen MR) is 70.8 cm³/mol. The van der Waals surface area contributed by atoms with E-state index in [1.54, 1.807) is 0 Å². The van der Waals surface area contributed by atoms with Crippen LogP contribution in [0.15, 0.2) is 0 Å². The second kappa shape index (κ2) is 7.67. The van der Waals surface area contributed by atoms with Crippen LogP contribution in [0.4, 0.5) is 0 Å². The van der Waals surface area contributed by atoms with Crippen LogP contribution >= 0.6 is 0 Å². The number of nitrogens with one attached hydrogen (secondary N) is 1. The van der Waals surface area contributed by atoms with Gasteiger partial charge in [-0.25, -0.2) is 0 Å². The molecule has 0 radical (unpaired) electrons. The van der Waals surface area contributed by atoms with Crippen LogP contribution < -0.4 is 11.1 Å². The Hall–Kier alpha value is -0.610. The summed E-state index contributed by atoms with van der Waals surface area (Å²) in [6, 6.07) is 0.492. The lowest BCUT2D eigenvalue weighted by atomic mass is 9.93. The summed E-state index contributed by atoms with van der Waals surface area (Å²) in [5.74, 6) is 0.131. The van der Waals surface area contributed by atoms with Gasteiger partial charge in [0.25, 0.3) is 0 Å². The van der Waals surface area contributed by atoms with E-state index >= 15 is 0 Å². The Morgan fingerprint density at radius 1 is 1.41 bits per heavy atom. The number of likely N-dealkylation sites (N-methyl/N-ethyl adjacent to an activating group) is 1. The maximum absolute atomic E-state index is 11.9. The van der Waals surface area contributed by atoms with E-state index in [4.69, 9.17) is 5.73 Å². The number of amides is 1. The molecule has 0 aliphatic heterocycles. The molecule has 0 aromatic rings. The predicted octanol–water partition coefficient (Wildman–Crippen LogP) is 1.10. The van der Waals surface area contributed by atoms with E-state index in [1.165, 1.54) is 32.1 Å². The molecule has 4 nitrogen and oxygen atoms in total. The van der Waals surface area contributed by atoms with Crippen molar-refractivity contribution >= 4 is 5.91 Å². The normalized spacial score (nSPS) is 19.3. The van der Waals surface area contributed by atoms with Crippen molar-refractivity contribution in [3.8, 4) is 0 Å². The van der Waals surface area contributed by atoms with E-state index in [2.05, 4.69) is 10.2 Å². The molecule has 1 atom stereocenters. The summed E-state index contributed by atoms with van der Waals surface area (Å²) in [6.07, 6.45) is 6.33. The standard InChI is InChI=1S/C13H27N3O/c1-3-15-13(17)11(2)16(10-9-14)12-7-5-4-6-8-12/h11-12H,3-10,14H2,1-2H3,(H,15,17). The number of hydrogen-bond acceptors (Lipinski definition) is 3. The number of carbonyl (C=O) groups excluding carboxylic acids is 1. The fraction of sp³-hybridized carbons (Fsp3) is 0.923. The van der Waals surface area contributed by atoms with Gasteiger partial charge in [-0.2, -0.15) is 0 Å². The minimum atomic E-state index is -0.0541. The molecule has 1 saturated carbocycles. The van der Waals surface area contributed by atoms with Gasteiger partial charge >= 0.3 is 0 Å². The van der Waals surface area contributed by atoms with Crippen molar-refractivity contribution in [3.63, 3.8) is 0 Å². The molecule has 1 aliphatic rings. The second-order valence-electron chi connectivity index (χ2n) is 4.89. The van der Waals surface area contributed by atoms with E-state index < -0.39 is 0 Å². The average Bonchev–Trinajstić information content (AvgIpc) is 2.36. The van der Waals surface area contributed by atoms with Crippen LogP contribution in [0.3, 0.4) is 0 Å². The minimum Gasteiger partial charge on any atom is -0.355 e. The van der Waals surface area contributed by atoms with Gasteiger partial charge in [0.05, 0.1) is 6.04 Å². The molecule has 100 valence electrons. The van der Waals surface area contributed by atoms with E-state index in [1.807, 2.05) is 13.8 Å². The summed E-state index contributed by atoms with van der Waals surface area (Å²) < 4.78 is 0. The SMILES string of the molecule is CCNC(=O)C(C)N(CCN)C1CCCCC1. The van der Waals surface area contributed by atoms with Gasteiger partial charge in [0, 0.05) is 25.7 Å². The highest BCUT2D eigenvalue weighted by Crippen LogP contribution is 2.23. The fourth-order valence-electron chi connectivity index (χ4n) is 2.73. The van der Waals surface area contributed by atoms with Gasteiger partial charge in [-0.3, -0.25) is 9.69 Å². The lowest BCUT2D eigenvalue weighted by Gasteiger charge is -2.37. The lowest BCUT2D eigenvalue weighted by Crippen LogP contribution is -2.51. The number of hydrogen-bond donors (Lipinski definition) is 2. The number of nitrogens with two attached hydrogens (primary N) is 1. The molecular weight excluding hydrogens is 214 g/mol. The number of nitrogens with zero attached hydrogens (tertiary/aromatic N) is 1. The highest BCUT2D eigenvalue weighted by atomic mass is 16.2. The van der Waals surface area contributed by atoms with Gasteiger partial charge in [-0.1, -0.05) is 19.3 Å². The Bertz CT molecular complexity index is 227. The topological polar surface area (TPSA) is 58.4 Å². The summed E-state index contributed by atoms with van der Waals surface area (Å²) in [5, 5.41) is 2.90. The molecule has 1 aliphatic carbocycles. The van der Waals surface area contributed by atoms with E-state index in [-0.39, 0.29) is 11.9 Å². The van der Waals surface area contributed by atoms with Crippen LogP contribution in [0.5, 0.6) is 0 Å². The maximum atomic E-state index is 11.9. The summed E-state index contributed by atoms with van der Waals surface area (Å²) in [5.41, 5.74) is 5.67. The Balaban J connectivity index is 2.59. The number of carbonyl (C=O) groups is 1. The summed E-state index contributed by atoms with van der Waals surface area (Å²) >= 11 is 0. The quantitative estimate of drug-likeness (QED) is 0.732. The zero-order chi connectivity index (χ0) is 12.7. The molecule has 1 rings (SSSR count). The van der Waals surface area contributed by atoms with Gasteiger partial charge in [0.1, 0.15) is 0 Å². The molecule has 3 N–H and O–H groups in total. The summed E-state index contributed by atoms with van der Waals surface area (Å²) in [6.45, 7) is 6.10. The third kappa shape index (κ3) is 4.28. The Morgan fingerprint density at radius 3 is 2.59 bits per heavy atom. The van der Waals surface area contributed by atoms with Gasteiger partial charge in [0.15, 0.2) is 0 Å². The first kappa shape index (κ1) is 14.5. The lowest BCUT2D eigenvalue weighted by molar-refractivity contribution is -0.126. The number of rotatable bonds is 6. The molecule has 0 saturated heterocycles. The third-order valence-electron chi connectivity index (χ3n) is 3.66. The first-order valence-corrected chi connectivity index (χ1v) is 6.94. The molecular formula is C13H27N3O. The van der Waals surface area contributed by atoms with Crippen LogP contribution in [0.25, 0.3) is 0 Å². The van der Waals surface area contributed by atoms with E-state index in [0.717, 1.165) is 6.54 Å². The Labute approximate surface area is 105 Å². The Kier molecular flexibility index (Phi) is 6.52. The average molecular weight is 241 g/mol. The largest absolute Gasteiger partial charge is 0.355 e. The molecule has 4 heteroatoms. The van der Waals surface area contributed by atoms with Crippen molar-refractivity contribution in [1.29, 1.82) is 0 Å². The van der Waals surface area contributed by atoms with Crippen molar-refractivity contribution in [2.45, 2.75) is 58.0 Å². The first-order chi connectivity index (χ1) is 8.20. The molecule has 0 aromatic heterocycles. The van der Waals surface area contributed by atoms with Crippen LogP contribution in [0.2, 0.25) is 0 Å². The third-order valence-corrected chi connectivity index (χ3v) is 3.66. The van der Waals surface area contributed by atoms with Crippen molar-refractivity contribution < 1.29 is 4.79 Å². The van der Waals surface area contributed by atoms with Gasteiger partial charge < -0.3 is 11.1 Å². The smallest absolute Gasteiger partial charge is 0.237 e. The van der Waals surface area contributed by atoms with Crippen LogP contribution in [-0.4, -0.2) is 42.5 Å². The zero-order valence-electron chi connectivity index (χ0n) is 11.2. The second-order valence-corrected chi connectivity index (χ2v) is 4.89. The van der Waals surface area contributed by atoms with Gasteiger partial charge in [-0.15, -0.1) is 0 Å². The van der Waals surface area contributed by atoms with Crippen molar-refractivity contribution in [1.82, 2.24) is 10.2 Å². The van der Waals surface area contributed by atoms with Gasteiger partial charge in [-0.05, 0) is 26.7 Å². The molecule has 1 amide bonds. The molecule has 17 heavy (non-hydrogen) atoms. The highest BCUT2D eigenvalue weighted by molar-refractivity contribution is 5.81. The molecule has 0 heterocycles. The summed E-state index contributed by atoms with van der Waals surface area (Å²) in [4.78, 5) is 14.2. The van der Waals surface area contributed by atoms with Crippen LogP contribution in [0.1, 0.15) is 46.0 Å². The van der Waals surface area contributed by atoms with Crippen molar-refractivity contribution in [3.05, 3.63) is 0 Å². The molecule has 1 unspecified atom stereocenters. The summed E-state index contributed by atoms with van der Waals surface area (Å²) in [7, 11) is 0. The zero-order valence-corrected chi connectivity index (χ0v) is 11.2. The van der Waals surface area contributed by atoms with E-state index in [9.17, 15) is 4.79 Å². The molecule has 0 spiro atoms. The first-order valence-electron chi connectivity index (χ1n) is 6.94. The molecule has 0 bridgehead atoms. The maximum Gasteiger partial charge on any atom is 0.237 e. The molecule has 0 aromatic carbocycles. The van der Waals surface area contributed by atoms with Crippen LogP contribution in [-0.2, 0) is 4.79 Å². The van der Waals surface area contributed by atoms with Crippen molar-refractivity contribution in [2.24, 2.45) is 5.73 Å². The van der Waals surface area contributed by atoms with Crippen molar-refractivity contribution in [2.75, 3.05) is 19.6 Å². The highest BCUT2D eigenvalue weighted by Gasteiger charge is 2.28.